The maximum Gasteiger partial charge on any atom is 0.337 e. The third-order valence-electron chi connectivity index (χ3n) is 6.41. The number of ether oxygens (including phenoxy) is 2. The molecule has 0 bridgehead atoms. The summed E-state index contributed by atoms with van der Waals surface area (Å²) < 4.78 is 24.6. The van der Waals surface area contributed by atoms with Gasteiger partial charge in [-0.1, -0.05) is 12.1 Å². The van der Waals surface area contributed by atoms with Crippen LogP contribution in [0.5, 0.6) is 5.75 Å². The molecule has 0 spiro atoms. The van der Waals surface area contributed by atoms with Crippen molar-refractivity contribution < 1.29 is 28.6 Å². The summed E-state index contributed by atoms with van der Waals surface area (Å²) in [5.41, 5.74) is 1.12. The fourth-order valence-electron chi connectivity index (χ4n) is 4.68. The van der Waals surface area contributed by atoms with Gasteiger partial charge in [0.25, 0.3) is 5.91 Å². The summed E-state index contributed by atoms with van der Waals surface area (Å²) in [7, 11) is 1.32. The molecule has 7 heteroatoms. The highest BCUT2D eigenvalue weighted by atomic mass is 19.1. The molecule has 2 aromatic rings. The van der Waals surface area contributed by atoms with Crippen molar-refractivity contribution in [3.05, 3.63) is 65.0 Å². The minimum atomic E-state index is -0.672. The number of hydrogen-bond donors (Lipinski definition) is 1. The summed E-state index contributed by atoms with van der Waals surface area (Å²) in [6.45, 7) is 2.71. The van der Waals surface area contributed by atoms with Crippen molar-refractivity contribution in [3.63, 3.8) is 0 Å². The lowest BCUT2D eigenvalue weighted by atomic mass is 9.78. The van der Waals surface area contributed by atoms with Crippen molar-refractivity contribution in [2.45, 2.75) is 32.0 Å². The quantitative estimate of drug-likeness (QED) is 0.759. The predicted molar refractivity (Wildman–Crippen MR) is 111 cm³/mol. The highest BCUT2D eigenvalue weighted by Crippen LogP contribution is 2.38. The van der Waals surface area contributed by atoms with Crippen LogP contribution in [-0.4, -0.2) is 54.3 Å². The first-order valence-electron chi connectivity index (χ1n) is 10.4. The zero-order valence-corrected chi connectivity index (χ0v) is 17.6. The van der Waals surface area contributed by atoms with Gasteiger partial charge in [0.15, 0.2) is 0 Å². The van der Waals surface area contributed by atoms with Gasteiger partial charge < -0.3 is 19.5 Å². The van der Waals surface area contributed by atoms with Gasteiger partial charge in [0.2, 0.25) is 0 Å². The number of hydrogen-bond acceptors (Lipinski definition) is 5. The molecular weight excluding hydrogens is 401 g/mol. The van der Waals surface area contributed by atoms with E-state index in [0.717, 1.165) is 0 Å². The molecule has 1 saturated heterocycles. The standard InChI is InChI=1S/C24H26FNO5/c1-14-19(7-4-8-20(14)25)23(28)26-12-16-10-21(27)22(11-17(16)13-26)31-18-6-3-5-15(9-18)24(29)30-2/h3-9,16-17,21-22,27H,10-13H2,1-2H3/t16-,17+,21+,22+/m0/s1. The second-order valence-corrected chi connectivity index (χ2v) is 8.36. The lowest BCUT2D eigenvalue weighted by Gasteiger charge is -2.35. The highest BCUT2D eigenvalue weighted by molar-refractivity contribution is 5.95. The normalized spacial score (nSPS) is 25.1. The molecule has 4 atom stereocenters. The van der Waals surface area contributed by atoms with Crippen LogP contribution in [0.4, 0.5) is 4.39 Å². The summed E-state index contributed by atoms with van der Waals surface area (Å²) in [6.07, 6.45) is 0.0205. The number of rotatable bonds is 4. The molecule has 31 heavy (non-hydrogen) atoms. The Bertz CT molecular complexity index is 994. The Hall–Kier alpha value is -2.93. The number of carbonyl (C=O) groups excluding carboxylic acids is 2. The first-order valence-corrected chi connectivity index (χ1v) is 10.4. The zero-order valence-electron chi connectivity index (χ0n) is 17.6. The van der Waals surface area contributed by atoms with Crippen molar-refractivity contribution in [1.29, 1.82) is 0 Å². The Labute approximate surface area is 180 Å². The number of methoxy groups -OCH3 is 1. The second-order valence-electron chi connectivity index (χ2n) is 8.36. The second kappa shape index (κ2) is 8.67. The highest BCUT2D eigenvalue weighted by Gasteiger charge is 2.44. The average Bonchev–Trinajstić information content (AvgIpc) is 3.17. The van der Waals surface area contributed by atoms with Crippen LogP contribution in [0.3, 0.4) is 0 Å². The van der Waals surface area contributed by atoms with E-state index >= 15 is 0 Å². The molecule has 6 nitrogen and oxygen atoms in total. The molecule has 1 aliphatic heterocycles. The number of nitrogens with zero attached hydrogens (tertiary/aromatic N) is 1. The molecule has 2 fully saturated rings. The molecular formula is C24H26FNO5. The third-order valence-corrected chi connectivity index (χ3v) is 6.41. The maximum absolute atomic E-state index is 13.9. The van der Waals surface area contributed by atoms with Crippen LogP contribution >= 0.6 is 0 Å². The molecule has 0 aromatic heterocycles. The van der Waals surface area contributed by atoms with Crippen LogP contribution < -0.4 is 4.74 Å². The van der Waals surface area contributed by atoms with Gasteiger partial charge in [-0.25, -0.2) is 9.18 Å². The van der Waals surface area contributed by atoms with Crippen molar-refractivity contribution in [2.75, 3.05) is 20.2 Å². The lowest BCUT2D eigenvalue weighted by molar-refractivity contribution is -0.0231. The number of benzene rings is 2. The summed E-state index contributed by atoms with van der Waals surface area (Å²) >= 11 is 0. The number of carbonyl (C=O) groups is 2. The van der Waals surface area contributed by atoms with Crippen LogP contribution in [0.15, 0.2) is 42.5 Å². The van der Waals surface area contributed by atoms with E-state index in [-0.39, 0.29) is 23.6 Å². The molecule has 1 N–H and O–H groups in total. The summed E-state index contributed by atoms with van der Waals surface area (Å²) in [5, 5.41) is 10.7. The molecule has 1 aliphatic carbocycles. The number of amides is 1. The third kappa shape index (κ3) is 4.28. The van der Waals surface area contributed by atoms with Gasteiger partial charge >= 0.3 is 5.97 Å². The van der Waals surface area contributed by atoms with Crippen molar-refractivity contribution in [2.24, 2.45) is 11.8 Å². The average molecular weight is 427 g/mol. The minimum Gasteiger partial charge on any atom is -0.488 e. The van der Waals surface area contributed by atoms with Gasteiger partial charge in [-0.15, -0.1) is 0 Å². The smallest absolute Gasteiger partial charge is 0.337 e. The fraction of sp³-hybridized carbons (Fsp3) is 0.417. The van der Waals surface area contributed by atoms with Gasteiger partial charge in [-0.05, 0) is 67.5 Å². The van der Waals surface area contributed by atoms with E-state index in [1.54, 1.807) is 48.2 Å². The van der Waals surface area contributed by atoms with Crippen LogP contribution in [0.2, 0.25) is 0 Å². The number of aliphatic hydroxyl groups excluding tert-OH is 1. The van der Waals surface area contributed by atoms with Gasteiger partial charge in [0, 0.05) is 18.7 Å². The van der Waals surface area contributed by atoms with E-state index in [0.29, 0.717) is 48.4 Å². The summed E-state index contributed by atoms with van der Waals surface area (Å²) in [5.74, 6) is -0.159. The molecule has 1 amide bonds. The number of halogens is 1. The molecule has 4 rings (SSSR count). The molecule has 164 valence electrons. The Morgan fingerprint density at radius 3 is 2.55 bits per heavy atom. The first kappa shape index (κ1) is 21.3. The number of esters is 1. The number of fused-ring (bicyclic) bond motifs is 1. The van der Waals surface area contributed by atoms with Gasteiger partial charge in [-0.3, -0.25) is 4.79 Å². The largest absolute Gasteiger partial charge is 0.488 e. The van der Waals surface area contributed by atoms with Gasteiger partial charge in [-0.2, -0.15) is 0 Å². The fourth-order valence-corrected chi connectivity index (χ4v) is 4.68. The van der Waals surface area contributed by atoms with E-state index in [2.05, 4.69) is 0 Å². The van der Waals surface area contributed by atoms with E-state index in [1.807, 2.05) is 0 Å². The van der Waals surface area contributed by atoms with Crippen molar-refractivity contribution >= 4 is 11.9 Å². The Morgan fingerprint density at radius 1 is 1.10 bits per heavy atom. The SMILES string of the molecule is COC(=O)c1cccc(O[C@@H]2C[C@@H]3CN(C(=O)c4cccc(F)c4C)C[C@@H]3C[C@H]2O)c1. The molecule has 2 aromatic carbocycles. The number of likely N-dealkylation sites (tertiary alicyclic amines) is 1. The first-order chi connectivity index (χ1) is 14.9. The van der Waals surface area contributed by atoms with Crippen LogP contribution in [0, 0.1) is 24.6 Å². The summed E-state index contributed by atoms with van der Waals surface area (Å²) in [6, 6.07) is 11.2. The van der Waals surface area contributed by atoms with Crippen molar-refractivity contribution in [3.8, 4) is 5.75 Å². The van der Waals surface area contributed by atoms with Crippen LogP contribution in [-0.2, 0) is 4.74 Å². The Morgan fingerprint density at radius 2 is 1.81 bits per heavy atom. The van der Waals surface area contributed by atoms with Crippen LogP contribution in [0.1, 0.15) is 39.1 Å². The van der Waals surface area contributed by atoms with Crippen LogP contribution in [0.25, 0.3) is 0 Å². The van der Waals surface area contributed by atoms with E-state index in [1.165, 1.54) is 13.2 Å². The Balaban J connectivity index is 1.44. The molecule has 1 saturated carbocycles. The van der Waals surface area contributed by atoms with E-state index in [9.17, 15) is 19.1 Å². The van der Waals surface area contributed by atoms with Gasteiger partial charge in [0.1, 0.15) is 17.7 Å². The topological polar surface area (TPSA) is 76.1 Å². The lowest BCUT2D eigenvalue weighted by Crippen LogP contribution is -2.42. The zero-order chi connectivity index (χ0) is 22.1. The molecule has 2 aliphatic rings. The van der Waals surface area contributed by atoms with Crippen molar-refractivity contribution in [1.82, 2.24) is 4.90 Å². The maximum atomic E-state index is 13.9. The molecule has 1 heterocycles. The van der Waals surface area contributed by atoms with E-state index < -0.39 is 18.2 Å². The Kier molecular flexibility index (Phi) is 5.96. The number of aliphatic hydroxyl groups is 1. The predicted octanol–water partition coefficient (Wildman–Crippen LogP) is 3.21. The molecule has 0 radical (unpaired) electrons. The van der Waals surface area contributed by atoms with E-state index in [4.69, 9.17) is 9.47 Å². The summed E-state index contributed by atoms with van der Waals surface area (Å²) in [4.78, 5) is 26.5. The van der Waals surface area contributed by atoms with Gasteiger partial charge in [0.05, 0.1) is 18.8 Å². The molecule has 0 unspecified atom stereocenters. The monoisotopic (exact) mass is 427 g/mol. The minimum absolute atomic E-state index is 0.175.